The molecule has 3 N–H and O–H groups in total. The van der Waals surface area contributed by atoms with E-state index in [4.69, 9.17) is 0 Å². The average molecular weight is 342 g/mol. The Morgan fingerprint density at radius 1 is 1.28 bits per heavy atom. The first-order valence-corrected chi connectivity index (χ1v) is 8.50. The first-order chi connectivity index (χ1) is 11.9. The number of amides is 2. The molecule has 0 saturated carbocycles. The maximum absolute atomic E-state index is 12.4. The molecule has 25 heavy (non-hydrogen) atoms. The molecule has 2 amide bonds. The third-order valence-electron chi connectivity index (χ3n) is 5.51. The first kappa shape index (κ1) is 17.4. The lowest BCUT2D eigenvalue weighted by Crippen LogP contribution is -2.60. The Balaban J connectivity index is 2.01. The number of rotatable bonds is 5. The molecule has 5 atom stereocenters. The minimum Gasteiger partial charge on any atom is -0.480 e. The molecule has 0 spiro atoms. The summed E-state index contributed by atoms with van der Waals surface area (Å²) in [4.78, 5) is 36.8. The van der Waals surface area contributed by atoms with Gasteiger partial charge in [-0.1, -0.05) is 62.8 Å². The van der Waals surface area contributed by atoms with Gasteiger partial charge in [0.2, 0.25) is 11.8 Å². The van der Waals surface area contributed by atoms with Crippen LogP contribution in [0.25, 0.3) is 6.08 Å². The lowest BCUT2D eigenvalue weighted by Gasteiger charge is -2.35. The molecule has 2 heterocycles. The van der Waals surface area contributed by atoms with Crippen LogP contribution in [0, 0.1) is 17.8 Å². The molecule has 2 aliphatic rings. The van der Waals surface area contributed by atoms with E-state index in [0.717, 1.165) is 5.56 Å². The van der Waals surface area contributed by atoms with Crippen LogP contribution in [0.2, 0.25) is 0 Å². The molecule has 5 unspecified atom stereocenters. The lowest BCUT2D eigenvalue weighted by molar-refractivity contribution is -0.152. The lowest BCUT2D eigenvalue weighted by atomic mass is 9.72. The van der Waals surface area contributed by atoms with Crippen molar-refractivity contribution in [1.82, 2.24) is 10.6 Å². The van der Waals surface area contributed by atoms with E-state index >= 15 is 0 Å². The van der Waals surface area contributed by atoms with Gasteiger partial charge in [0.15, 0.2) is 0 Å². The van der Waals surface area contributed by atoms with Gasteiger partial charge in [-0.05, 0) is 11.5 Å². The molecule has 2 aliphatic heterocycles. The molecule has 132 valence electrons. The second kappa shape index (κ2) is 6.44. The van der Waals surface area contributed by atoms with Gasteiger partial charge in [-0.15, -0.1) is 0 Å². The Bertz CT molecular complexity index is 730. The topological polar surface area (TPSA) is 95.5 Å². The molecule has 6 nitrogen and oxygen atoms in total. The minimum absolute atomic E-state index is 0.302. The fourth-order valence-electron chi connectivity index (χ4n) is 4.04. The van der Waals surface area contributed by atoms with Crippen molar-refractivity contribution in [2.75, 3.05) is 0 Å². The Hall–Kier alpha value is -2.47. The minimum atomic E-state index is -1.44. The smallest absolute Gasteiger partial charge is 0.325 e. The molecule has 0 radical (unpaired) electrons. The average Bonchev–Trinajstić information content (AvgIpc) is 3.10. The normalized spacial score (nSPS) is 32.6. The summed E-state index contributed by atoms with van der Waals surface area (Å²) in [6.07, 6.45) is 4.22. The van der Waals surface area contributed by atoms with Crippen molar-refractivity contribution in [1.29, 1.82) is 0 Å². The van der Waals surface area contributed by atoms with E-state index in [1.807, 2.05) is 43.3 Å². The number of carbonyl (C=O) groups excluding carboxylic acids is 2. The second-order valence-electron chi connectivity index (χ2n) is 6.78. The molecular formula is C19H22N2O4. The zero-order valence-electron chi connectivity index (χ0n) is 14.2. The highest BCUT2D eigenvalue weighted by molar-refractivity contribution is 6.09. The van der Waals surface area contributed by atoms with Crippen LogP contribution in [0.3, 0.4) is 0 Å². The van der Waals surface area contributed by atoms with Crippen LogP contribution in [0.5, 0.6) is 0 Å². The molecule has 1 aromatic rings. The predicted molar refractivity (Wildman–Crippen MR) is 92.4 cm³/mol. The number of fused-ring (bicyclic) bond motifs is 1. The van der Waals surface area contributed by atoms with E-state index in [2.05, 4.69) is 10.6 Å². The van der Waals surface area contributed by atoms with Crippen LogP contribution in [-0.4, -0.2) is 34.5 Å². The Morgan fingerprint density at radius 3 is 2.56 bits per heavy atom. The van der Waals surface area contributed by atoms with Crippen LogP contribution in [-0.2, 0) is 14.4 Å². The zero-order chi connectivity index (χ0) is 18.2. The van der Waals surface area contributed by atoms with Crippen molar-refractivity contribution in [3.8, 4) is 0 Å². The van der Waals surface area contributed by atoms with Crippen molar-refractivity contribution < 1.29 is 19.5 Å². The number of nitrogens with one attached hydrogen (secondary N) is 2. The van der Waals surface area contributed by atoms with E-state index in [9.17, 15) is 19.5 Å². The summed E-state index contributed by atoms with van der Waals surface area (Å²) in [5.41, 5.74) is -0.497. The van der Waals surface area contributed by atoms with Gasteiger partial charge in [-0.25, -0.2) is 0 Å². The largest absolute Gasteiger partial charge is 0.480 e. The quantitative estimate of drug-likeness (QED) is 0.704. The number of aliphatic carboxylic acids is 1. The van der Waals surface area contributed by atoms with Crippen molar-refractivity contribution in [2.24, 2.45) is 17.8 Å². The van der Waals surface area contributed by atoms with Gasteiger partial charge in [0.1, 0.15) is 5.54 Å². The van der Waals surface area contributed by atoms with E-state index in [0.29, 0.717) is 6.42 Å². The highest BCUT2D eigenvalue weighted by Crippen LogP contribution is 2.45. The zero-order valence-corrected chi connectivity index (χ0v) is 14.2. The number of carbonyl (C=O) groups is 3. The third-order valence-corrected chi connectivity index (χ3v) is 5.51. The molecule has 0 bridgehead atoms. The van der Waals surface area contributed by atoms with Gasteiger partial charge in [0, 0.05) is 6.04 Å². The van der Waals surface area contributed by atoms with E-state index in [1.165, 1.54) is 0 Å². The Morgan fingerprint density at radius 2 is 1.96 bits per heavy atom. The van der Waals surface area contributed by atoms with Crippen LogP contribution in [0.15, 0.2) is 36.4 Å². The highest BCUT2D eigenvalue weighted by atomic mass is 16.4. The van der Waals surface area contributed by atoms with Gasteiger partial charge >= 0.3 is 5.97 Å². The van der Waals surface area contributed by atoms with Gasteiger partial charge in [-0.3, -0.25) is 25.0 Å². The highest BCUT2D eigenvalue weighted by Gasteiger charge is 2.67. The fraction of sp³-hybridized carbons (Fsp3) is 0.421. The van der Waals surface area contributed by atoms with E-state index < -0.39 is 41.2 Å². The molecule has 3 rings (SSSR count). The Labute approximate surface area is 146 Å². The molecule has 2 saturated heterocycles. The number of benzene rings is 1. The third kappa shape index (κ3) is 2.66. The standard InChI is InChI=1S/C19H22N2O4/c1-3-11(2)19(18(24)25)15-14(16(22)20-17(15)23)13(21-19)10-9-12-7-5-4-6-8-12/h4-11,13-15,21H,3H2,1-2H3,(H,24,25)(H,20,22,23)/b10-9+. The molecular weight excluding hydrogens is 320 g/mol. The second-order valence-corrected chi connectivity index (χ2v) is 6.78. The number of carboxylic acid groups (broad SMARTS) is 1. The van der Waals surface area contributed by atoms with Gasteiger partial charge in [0.25, 0.3) is 0 Å². The molecule has 1 aromatic carbocycles. The number of imide groups is 1. The molecule has 2 fully saturated rings. The van der Waals surface area contributed by atoms with E-state index in [-0.39, 0.29) is 5.92 Å². The summed E-state index contributed by atoms with van der Waals surface area (Å²) >= 11 is 0. The summed E-state index contributed by atoms with van der Waals surface area (Å²) in [6, 6.07) is 9.03. The first-order valence-electron chi connectivity index (χ1n) is 8.50. The van der Waals surface area contributed by atoms with Crippen molar-refractivity contribution in [3.05, 3.63) is 42.0 Å². The monoisotopic (exact) mass is 342 g/mol. The van der Waals surface area contributed by atoms with Crippen molar-refractivity contribution >= 4 is 23.9 Å². The fourth-order valence-corrected chi connectivity index (χ4v) is 4.04. The summed E-state index contributed by atoms with van der Waals surface area (Å²) in [7, 11) is 0. The summed E-state index contributed by atoms with van der Waals surface area (Å²) < 4.78 is 0. The molecule has 0 aromatic heterocycles. The van der Waals surface area contributed by atoms with Crippen molar-refractivity contribution in [2.45, 2.75) is 31.8 Å². The maximum Gasteiger partial charge on any atom is 0.325 e. The van der Waals surface area contributed by atoms with Crippen LogP contribution in [0.4, 0.5) is 0 Å². The number of carboxylic acids is 1. The van der Waals surface area contributed by atoms with Crippen LogP contribution in [0.1, 0.15) is 25.8 Å². The molecule has 0 aliphatic carbocycles. The van der Waals surface area contributed by atoms with Gasteiger partial charge in [-0.2, -0.15) is 0 Å². The summed E-state index contributed by atoms with van der Waals surface area (Å²) in [5.74, 6) is -3.91. The summed E-state index contributed by atoms with van der Waals surface area (Å²) in [6.45, 7) is 3.69. The van der Waals surface area contributed by atoms with Gasteiger partial charge in [0.05, 0.1) is 11.8 Å². The summed E-state index contributed by atoms with van der Waals surface area (Å²) in [5, 5.41) is 15.4. The SMILES string of the molecule is CCC(C)C1(C(=O)O)NC(/C=C/c2ccccc2)C2C(=O)NC(=O)C21. The van der Waals surface area contributed by atoms with Crippen LogP contribution < -0.4 is 10.6 Å². The maximum atomic E-state index is 12.4. The molecule has 6 heteroatoms. The van der Waals surface area contributed by atoms with Crippen LogP contribution >= 0.6 is 0 Å². The Kier molecular flexibility index (Phi) is 4.47. The van der Waals surface area contributed by atoms with E-state index in [1.54, 1.807) is 13.0 Å². The number of hydrogen-bond donors (Lipinski definition) is 3. The van der Waals surface area contributed by atoms with Gasteiger partial charge < -0.3 is 5.11 Å². The van der Waals surface area contributed by atoms with Crippen molar-refractivity contribution in [3.63, 3.8) is 0 Å². The number of hydrogen-bond acceptors (Lipinski definition) is 4. The predicted octanol–water partition coefficient (Wildman–Crippen LogP) is 1.43.